The zero-order valence-corrected chi connectivity index (χ0v) is 12.9. The van der Waals surface area contributed by atoms with Crippen LogP contribution in [0, 0.1) is 0 Å². The Hall–Kier alpha value is -1.34. The lowest BCUT2D eigenvalue weighted by molar-refractivity contribution is -0.683. The highest BCUT2D eigenvalue weighted by molar-refractivity contribution is 6.39. The number of halogens is 2. The van der Waals surface area contributed by atoms with E-state index < -0.39 is 17.9 Å². The molecule has 1 aromatic carbocycles. The standard InChI is InChI=1S/C13H16Cl2N2O4/c1-21-6-5-16-10(13(19)20)7-11(18)17-12-8(14)3-2-4-9(12)15/h2-4,10,16H,5-7H2,1H3,(H,17,18)(H,19,20)/t10-/m0/s1. The summed E-state index contributed by atoms with van der Waals surface area (Å²) in [7, 11) is 1.51. The molecule has 0 radical (unpaired) electrons. The number of hydrogen-bond donors (Lipinski definition) is 2. The van der Waals surface area contributed by atoms with Crippen LogP contribution in [0.4, 0.5) is 5.69 Å². The zero-order chi connectivity index (χ0) is 15.8. The Morgan fingerprint density at radius 2 is 2.00 bits per heavy atom. The maximum absolute atomic E-state index is 11.9. The number of aliphatic carboxylic acids is 1. The number of hydrogen-bond acceptors (Lipinski definition) is 4. The third-order valence-electron chi connectivity index (χ3n) is 2.71. The fourth-order valence-electron chi connectivity index (χ4n) is 1.66. The van der Waals surface area contributed by atoms with E-state index in [1.54, 1.807) is 18.2 Å². The van der Waals surface area contributed by atoms with E-state index in [9.17, 15) is 14.7 Å². The summed E-state index contributed by atoms with van der Waals surface area (Å²) in [6, 6.07) is 3.79. The summed E-state index contributed by atoms with van der Waals surface area (Å²) in [4.78, 5) is 22.9. The number of ether oxygens (including phenoxy) is 1. The first kappa shape index (κ1) is 17.7. The van der Waals surface area contributed by atoms with Crippen LogP contribution in [0.15, 0.2) is 18.2 Å². The number of quaternary nitrogens is 1. The second-order valence-corrected chi connectivity index (χ2v) is 5.11. The number of nitrogens with one attached hydrogen (secondary N) is 1. The van der Waals surface area contributed by atoms with Crippen molar-refractivity contribution in [2.24, 2.45) is 0 Å². The molecule has 0 unspecified atom stereocenters. The van der Waals surface area contributed by atoms with Crippen LogP contribution in [-0.2, 0) is 14.3 Å². The van der Waals surface area contributed by atoms with Crippen molar-refractivity contribution in [1.82, 2.24) is 0 Å². The van der Waals surface area contributed by atoms with Crippen molar-refractivity contribution in [3.8, 4) is 0 Å². The van der Waals surface area contributed by atoms with Gasteiger partial charge in [0.05, 0.1) is 41.3 Å². The number of amides is 1. The number of carboxylic acid groups (broad SMARTS) is 1. The maximum Gasteiger partial charge on any atom is 0.230 e. The lowest BCUT2D eigenvalue weighted by Crippen LogP contribution is -2.94. The first-order valence-corrected chi connectivity index (χ1v) is 6.98. The second-order valence-electron chi connectivity index (χ2n) is 4.29. The molecular formula is C13H16Cl2N2O4. The Labute approximate surface area is 132 Å². The third-order valence-corrected chi connectivity index (χ3v) is 3.34. The molecule has 0 spiro atoms. The number of carbonyl (C=O) groups excluding carboxylic acids is 2. The summed E-state index contributed by atoms with van der Waals surface area (Å²) in [5, 5.41) is 15.6. The molecule has 0 aliphatic carbocycles. The molecule has 0 aliphatic rings. The van der Waals surface area contributed by atoms with Gasteiger partial charge in [0.2, 0.25) is 5.91 Å². The molecule has 0 saturated carbocycles. The van der Waals surface area contributed by atoms with E-state index >= 15 is 0 Å². The SMILES string of the molecule is COCC[NH2+][C@@H](CC(=O)Nc1c(Cl)cccc1Cl)C(=O)[O-]. The molecule has 0 aliphatic heterocycles. The van der Waals surface area contributed by atoms with Crippen molar-refractivity contribution < 1.29 is 24.7 Å². The number of para-hydroxylation sites is 1. The molecule has 3 N–H and O–H groups in total. The van der Waals surface area contributed by atoms with Crippen molar-refractivity contribution in [2.75, 3.05) is 25.6 Å². The highest BCUT2D eigenvalue weighted by Crippen LogP contribution is 2.29. The molecule has 1 aromatic rings. The highest BCUT2D eigenvalue weighted by atomic mass is 35.5. The van der Waals surface area contributed by atoms with Gasteiger partial charge in [0.1, 0.15) is 6.04 Å². The van der Waals surface area contributed by atoms with Gasteiger partial charge in [-0.2, -0.15) is 0 Å². The third kappa shape index (κ3) is 5.89. The van der Waals surface area contributed by atoms with Crippen LogP contribution >= 0.6 is 23.2 Å². The van der Waals surface area contributed by atoms with Crippen LogP contribution in [0.5, 0.6) is 0 Å². The van der Waals surface area contributed by atoms with E-state index in [1.807, 2.05) is 0 Å². The van der Waals surface area contributed by atoms with Crippen molar-refractivity contribution in [3.63, 3.8) is 0 Å². The van der Waals surface area contributed by atoms with Gasteiger partial charge >= 0.3 is 0 Å². The number of carboxylic acids is 1. The number of carbonyl (C=O) groups is 2. The first-order chi connectivity index (χ1) is 9.95. The topological polar surface area (TPSA) is 95.1 Å². The molecule has 8 heteroatoms. The average molecular weight is 335 g/mol. The largest absolute Gasteiger partial charge is 0.544 e. The van der Waals surface area contributed by atoms with E-state index in [0.29, 0.717) is 13.2 Å². The highest BCUT2D eigenvalue weighted by Gasteiger charge is 2.19. The number of benzene rings is 1. The number of rotatable bonds is 8. The fourth-order valence-corrected chi connectivity index (χ4v) is 2.15. The van der Waals surface area contributed by atoms with Gasteiger partial charge in [-0.3, -0.25) is 4.79 Å². The smallest absolute Gasteiger partial charge is 0.230 e. The van der Waals surface area contributed by atoms with Crippen molar-refractivity contribution in [3.05, 3.63) is 28.2 Å². The zero-order valence-electron chi connectivity index (χ0n) is 11.4. The van der Waals surface area contributed by atoms with Gasteiger partial charge in [-0.05, 0) is 12.1 Å². The average Bonchev–Trinajstić information content (AvgIpc) is 2.42. The summed E-state index contributed by atoms with van der Waals surface area (Å²) in [6.07, 6.45) is -0.256. The van der Waals surface area contributed by atoms with Gasteiger partial charge in [-0.15, -0.1) is 0 Å². The van der Waals surface area contributed by atoms with Gasteiger partial charge in [-0.1, -0.05) is 29.3 Å². The minimum Gasteiger partial charge on any atom is -0.544 e. The summed E-state index contributed by atoms with van der Waals surface area (Å²) in [6.45, 7) is 0.789. The molecule has 1 rings (SSSR count). The predicted octanol–water partition coefficient (Wildman–Crippen LogP) is -0.350. The molecule has 0 aromatic heterocycles. The minimum atomic E-state index is -1.31. The van der Waals surface area contributed by atoms with E-state index in [1.165, 1.54) is 12.4 Å². The molecule has 0 saturated heterocycles. The molecule has 116 valence electrons. The van der Waals surface area contributed by atoms with Crippen molar-refractivity contribution in [2.45, 2.75) is 12.5 Å². The predicted molar refractivity (Wildman–Crippen MR) is 77.2 cm³/mol. The van der Waals surface area contributed by atoms with Crippen LogP contribution in [-0.4, -0.2) is 38.2 Å². The van der Waals surface area contributed by atoms with Gasteiger partial charge in [0.25, 0.3) is 0 Å². The van der Waals surface area contributed by atoms with Crippen molar-refractivity contribution in [1.29, 1.82) is 0 Å². The quantitative estimate of drug-likeness (QED) is 0.635. The summed E-state index contributed by atoms with van der Waals surface area (Å²) >= 11 is 11.8. The van der Waals surface area contributed by atoms with Crippen LogP contribution in [0.3, 0.4) is 0 Å². The van der Waals surface area contributed by atoms with E-state index in [0.717, 1.165) is 0 Å². The molecule has 0 bridgehead atoms. The van der Waals surface area contributed by atoms with Gasteiger partial charge in [-0.25, -0.2) is 0 Å². The maximum atomic E-state index is 11.9. The molecule has 1 amide bonds. The van der Waals surface area contributed by atoms with Gasteiger partial charge < -0.3 is 25.3 Å². The molecular weight excluding hydrogens is 319 g/mol. The minimum absolute atomic E-state index is 0.256. The normalized spacial score (nSPS) is 12.0. The van der Waals surface area contributed by atoms with Crippen LogP contribution in [0.2, 0.25) is 10.0 Å². The monoisotopic (exact) mass is 334 g/mol. The summed E-state index contributed by atoms with van der Waals surface area (Å²) in [5.41, 5.74) is 0.264. The molecule has 0 heterocycles. The lowest BCUT2D eigenvalue weighted by atomic mass is 10.2. The van der Waals surface area contributed by atoms with Crippen LogP contribution in [0.25, 0.3) is 0 Å². The summed E-state index contributed by atoms with van der Waals surface area (Å²) < 4.78 is 4.82. The van der Waals surface area contributed by atoms with Crippen molar-refractivity contribution >= 4 is 40.8 Å². The Morgan fingerprint density at radius 1 is 1.38 bits per heavy atom. The molecule has 0 fully saturated rings. The van der Waals surface area contributed by atoms with Gasteiger partial charge in [0, 0.05) is 7.11 Å². The number of methoxy groups -OCH3 is 1. The fraction of sp³-hybridized carbons (Fsp3) is 0.385. The second kappa shape index (κ2) is 8.84. The Balaban J connectivity index is 2.63. The first-order valence-electron chi connectivity index (χ1n) is 6.22. The van der Waals surface area contributed by atoms with Gasteiger partial charge in [0.15, 0.2) is 0 Å². The Bertz CT molecular complexity index is 491. The molecule has 1 atom stereocenters. The van der Waals surface area contributed by atoms with Crippen LogP contribution < -0.4 is 15.7 Å². The molecule has 6 nitrogen and oxygen atoms in total. The van der Waals surface area contributed by atoms with E-state index in [2.05, 4.69) is 5.32 Å². The van der Waals surface area contributed by atoms with Crippen LogP contribution in [0.1, 0.15) is 6.42 Å². The lowest BCUT2D eigenvalue weighted by Gasteiger charge is -2.16. The Kier molecular flexibility index (Phi) is 7.45. The van der Waals surface area contributed by atoms with E-state index in [4.69, 9.17) is 27.9 Å². The summed E-state index contributed by atoms with van der Waals surface area (Å²) in [5.74, 6) is -1.82. The Morgan fingerprint density at radius 3 is 2.52 bits per heavy atom. The molecule has 21 heavy (non-hydrogen) atoms. The number of nitrogens with two attached hydrogens (primary N) is 1. The number of anilines is 1. The van der Waals surface area contributed by atoms with E-state index in [-0.39, 0.29) is 22.2 Å².